The molecule has 1 aromatic carbocycles. The number of hydrogen-bond donors (Lipinski definition) is 3. The van der Waals surface area contributed by atoms with Crippen molar-refractivity contribution in [3.05, 3.63) is 23.8 Å². The van der Waals surface area contributed by atoms with Gasteiger partial charge in [0.2, 0.25) is 5.91 Å². The zero-order valence-electron chi connectivity index (χ0n) is 9.08. The third-order valence-corrected chi connectivity index (χ3v) is 2.02. The highest BCUT2D eigenvalue weighted by molar-refractivity contribution is 5.93. The van der Waals surface area contributed by atoms with Crippen LogP contribution < -0.4 is 10.6 Å². The number of amides is 1. The second-order valence-corrected chi connectivity index (χ2v) is 3.33. The maximum atomic E-state index is 11.4. The molecule has 0 bridgehead atoms. The molecule has 0 aliphatic heterocycles. The van der Waals surface area contributed by atoms with Crippen molar-refractivity contribution in [2.45, 2.75) is 6.92 Å². The monoisotopic (exact) mass is 218 g/mol. The molecule has 4 heteroatoms. The summed E-state index contributed by atoms with van der Waals surface area (Å²) in [5.41, 5.74) is 1.13. The van der Waals surface area contributed by atoms with Crippen molar-refractivity contribution in [1.82, 2.24) is 5.32 Å². The molecule has 0 spiro atoms. The smallest absolute Gasteiger partial charge is 0.238 e. The van der Waals surface area contributed by atoms with E-state index < -0.39 is 0 Å². The molecule has 0 saturated carbocycles. The fourth-order valence-electron chi connectivity index (χ4n) is 1.20. The number of benzene rings is 1. The molecule has 1 amide bonds. The van der Waals surface area contributed by atoms with Gasteiger partial charge in [0, 0.05) is 0 Å². The van der Waals surface area contributed by atoms with Crippen LogP contribution in [-0.2, 0) is 4.79 Å². The number of phenolic OH excluding ortho intramolecular Hbond substituents is 1. The predicted molar refractivity (Wildman–Crippen MR) is 63.2 cm³/mol. The summed E-state index contributed by atoms with van der Waals surface area (Å²) in [7, 11) is 0. The van der Waals surface area contributed by atoms with Gasteiger partial charge in [-0.2, -0.15) is 0 Å². The first-order valence-electron chi connectivity index (χ1n) is 4.87. The quantitative estimate of drug-likeness (QED) is 0.399. The minimum absolute atomic E-state index is 0.0906. The van der Waals surface area contributed by atoms with Gasteiger partial charge >= 0.3 is 0 Å². The van der Waals surface area contributed by atoms with Gasteiger partial charge in [-0.3, -0.25) is 10.1 Å². The van der Waals surface area contributed by atoms with E-state index in [1.165, 1.54) is 0 Å². The molecule has 1 rings (SSSR count). The fourth-order valence-corrected chi connectivity index (χ4v) is 1.20. The summed E-state index contributed by atoms with van der Waals surface area (Å²) in [5.74, 6) is 2.22. The van der Waals surface area contributed by atoms with E-state index in [2.05, 4.69) is 16.6 Å². The maximum absolute atomic E-state index is 11.4. The number of hydrogen-bond acceptors (Lipinski definition) is 3. The second kappa shape index (κ2) is 5.79. The summed E-state index contributed by atoms with van der Waals surface area (Å²) >= 11 is 0. The van der Waals surface area contributed by atoms with Gasteiger partial charge in [-0.1, -0.05) is 18.1 Å². The van der Waals surface area contributed by atoms with Gasteiger partial charge in [-0.25, -0.2) is 0 Å². The summed E-state index contributed by atoms with van der Waals surface area (Å²) in [6.45, 7) is 2.23. The highest BCUT2D eigenvalue weighted by Crippen LogP contribution is 2.26. The molecular formula is C12H14N2O2. The number of carbonyl (C=O) groups is 1. The van der Waals surface area contributed by atoms with E-state index in [9.17, 15) is 9.90 Å². The van der Waals surface area contributed by atoms with Crippen molar-refractivity contribution in [2.24, 2.45) is 0 Å². The molecule has 0 heterocycles. The normalized spacial score (nSPS) is 9.50. The first kappa shape index (κ1) is 12.1. The van der Waals surface area contributed by atoms with Crippen molar-refractivity contribution in [3.8, 4) is 18.1 Å². The van der Waals surface area contributed by atoms with Crippen LogP contribution in [0.5, 0.6) is 5.75 Å². The summed E-state index contributed by atoms with van der Waals surface area (Å²) in [5, 5.41) is 15.0. The minimum Gasteiger partial charge on any atom is -0.505 e. The molecule has 0 saturated heterocycles. The Bertz CT molecular complexity index is 422. The number of aromatic hydroxyl groups is 1. The lowest BCUT2D eigenvalue weighted by Gasteiger charge is -2.08. The number of anilines is 1. The average Bonchev–Trinajstić information content (AvgIpc) is 2.25. The van der Waals surface area contributed by atoms with Crippen LogP contribution in [0.2, 0.25) is 0 Å². The molecule has 4 nitrogen and oxygen atoms in total. The van der Waals surface area contributed by atoms with Gasteiger partial charge in [-0.05, 0) is 18.6 Å². The molecule has 84 valence electrons. The molecule has 16 heavy (non-hydrogen) atoms. The third-order valence-electron chi connectivity index (χ3n) is 2.02. The lowest BCUT2D eigenvalue weighted by atomic mass is 10.2. The van der Waals surface area contributed by atoms with Gasteiger partial charge in [0.15, 0.2) is 0 Å². The van der Waals surface area contributed by atoms with Crippen molar-refractivity contribution in [1.29, 1.82) is 0 Å². The zero-order valence-corrected chi connectivity index (χ0v) is 9.08. The summed E-state index contributed by atoms with van der Waals surface area (Å²) in [4.78, 5) is 11.4. The first-order chi connectivity index (χ1) is 7.65. The number of aryl methyl sites for hydroxylation is 1. The van der Waals surface area contributed by atoms with Crippen molar-refractivity contribution >= 4 is 11.6 Å². The molecule has 0 atom stereocenters. The summed E-state index contributed by atoms with van der Waals surface area (Å²) in [6, 6.07) is 5.17. The van der Waals surface area contributed by atoms with Crippen LogP contribution in [0.3, 0.4) is 0 Å². The largest absolute Gasteiger partial charge is 0.505 e. The van der Waals surface area contributed by atoms with Crippen LogP contribution in [0.25, 0.3) is 0 Å². The van der Waals surface area contributed by atoms with Gasteiger partial charge in [-0.15, -0.1) is 6.42 Å². The van der Waals surface area contributed by atoms with E-state index >= 15 is 0 Å². The number of carbonyl (C=O) groups excluding carboxylic acids is 1. The highest BCUT2D eigenvalue weighted by atomic mass is 16.3. The van der Waals surface area contributed by atoms with Crippen LogP contribution in [0.15, 0.2) is 18.2 Å². The lowest BCUT2D eigenvalue weighted by Crippen LogP contribution is -2.28. The van der Waals surface area contributed by atoms with Crippen LogP contribution in [0, 0.1) is 19.3 Å². The number of para-hydroxylation sites is 1. The Hall–Kier alpha value is -1.99. The summed E-state index contributed by atoms with van der Waals surface area (Å²) < 4.78 is 0. The molecule has 0 fully saturated rings. The first-order valence-corrected chi connectivity index (χ1v) is 4.87. The Labute approximate surface area is 94.7 Å². The molecule has 0 radical (unpaired) electrons. The van der Waals surface area contributed by atoms with Crippen LogP contribution >= 0.6 is 0 Å². The van der Waals surface area contributed by atoms with Gasteiger partial charge < -0.3 is 10.4 Å². The SMILES string of the molecule is C#CCNCC(=O)Nc1cccc(C)c1O. The Morgan fingerprint density at radius 3 is 3.00 bits per heavy atom. The van der Waals surface area contributed by atoms with Crippen LogP contribution in [-0.4, -0.2) is 24.1 Å². The highest BCUT2D eigenvalue weighted by Gasteiger charge is 2.06. The van der Waals surface area contributed by atoms with E-state index in [-0.39, 0.29) is 18.2 Å². The fraction of sp³-hybridized carbons (Fsp3) is 0.250. The van der Waals surface area contributed by atoms with E-state index in [4.69, 9.17) is 6.42 Å². The Morgan fingerprint density at radius 1 is 1.56 bits per heavy atom. The maximum Gasteiger partial charge on any atom is 0.238 e. The van der Waals surface area contributed by atoms with Gasteiger partial charge in [0.25, 0.3) is 0 Å². The van der Waals surface area contributed by atoms with Crippen LogP contribution in [0.1, 0.15) is 5.56 Å². The lowest BCUT2D eigenvalue weighted by molar-refractivity contribution is -0.115. The third kappa shape index (κ3) is 3.30. The molecule has 1 aromatic rings. The molecule has 0 aliphatic rings. The average molecular weight is 218 g/mol. The van der Waals surface area contributed by atoms with Gasteiger partial charge in [0.05, 0.1) is 18.8 Å². The van der Waals surface area contributed by atoms with Crippen molar-refractivity contribution in [2.75, 3.05) is 18.4 Å². The summed E-state index contributed by atoms with van der Waals surface area (Å²) in [6.07, 6.45) is 5.03. The van der Waals surface area contributed by atoms with E-state index in [0.717, 1.165) is 5.56 Å². The molecular weight excluding hydrogens is 204 g/mol. The number of phenols is 1. The Balaban J connectivity index is 2.57. The molecule has 0 aliphatic carbocycles. The Kier molecular flexibility index (Phi) is 4.37. The van der Waals surface area contributed by atoms with Crippen LogP contribution in [0.4, 0.5) is 5.69 Å². The Morgan fingerprint density at radius 2 is 2.31 bits per heavy atom. The van der Waals surface area contributed by atoms with Gasteiger partial charge in [0.1, 0.15) is 5.75 Å². The van der Waals surface area contributed by atoms with E-state index in [0.29, 0.717) is 12.2 Å². The zero-order chi connectivity index (χ0) is 12.0. The minimum atomic E-state index is -0.240. The predicted octanol–water partition coefficient (Wildman–Crippen LogP) is 0.862. The van der Waals surface area contributed by atoms with E-state index in [1.807, 2.05) is 0 Å². The number of terminal acetylenes is 1. The molecule has 0 unspecified atom stereocenters. The topological polar surface area (TPSA) is 61.4 Å². The number of rotatable bonds is 4. The van der Waals surface area contributed by atoms with E-state index in [1.54, 1.807) is 25.1 Å². The van der Waals surface area contributed by atoms with Crippen molar-refractivity contribution < 1.29 is 9.90 Å². The standard InChI is InChI=1S/C12H14N2O2/c1-3-7-13-8-11(15)14-10-6-4-5-9(2)12(10)16/h1,4-6,13,16H,7-8H2,2H3,(H,14,15). The number of nitrogens with one attached hydrogen (secondary N) is 2. The molecule has 3 N–H and O–H groups in total. The molecule has 0 aromatic heterocycles. The van der Waals surface area contributed by atoms with Crippen molar-refractivity contribution in [3.63, 3.8) is 0 Å². The second-order valence-electron chi connectivity index (χ2n) is 3.33.